The summed E-state index contributed by atoms with van der Waals surface area (Å²) in [5, 5.41) is 3.74. The summed E-state index contributed by atoms with van der Waals surface area (Å²) in [5.74, 6) is 1.03. The molecule has 2 nitrogen and oxygen atoms in total. The zero-order valence-electron chi connectivity index (χ0n) is 11.3. The predicted molar refractivity (Wildman–Crippen MR) is 72.2 cm³/mol. The van der Waals surface area contributed by atoms with Crippen molar-refractivity contribution in [1.82, 2.24) is 10.2 Å². The van der Waals surface area contributed by atoms with Gasteiger partial charge >= 0.3 is 0 Å². The molecule has 0 aromatic carbocycles. The average Bonchev–Trinajstić information content (AvgIpc) is 3.09. The van der Waals surface area contributed by atoms with Gasteiger partial charge in [0.25, 0.3) is 0 Å². The molecule has 3 aliphatic rings. The highest BCUT2D eigenvalue weighted by Gasteiger charge is 2.39. The average molecular weight is 236 g/mol. The maximum absolute atomic E-state index is 3.74. The number of nitrogens with zero attached hydrogens (tertiary/aromatic N) is 1. The summed E-state index contributed by atoms with van der Waals surface area (Å²) < 4.78 is 0. The van der Waals surface area contributed by atoms with E-state index in [2.05, 4.69) is 17.1 Å². The van der Waals surface area contributed by atoms with E-state index in [1.54, 1.807) is 0 Å². The predicted octanol–water partition coefficient (Wildman–Crippen LogP) is 2.78. The molecule has 0 radical (unpaired) electrons. The lowest BCUT2D eigenvalue weighted by Crippen LogP contribution is -2.47. The van der Waals surface area contributed by atoms with E-state index in [1.165, 1.54) is 64.5 Å². The van der Waals surface area contributed by atoms with Crippen LogP contribution >= 0.6 is 0 Å². The Bertz CT molecular complexity index is 247. The summed E-state index contributed by atoms with van der Waals surface area (Å²) in [6.45, 7) is 5.01. The maximum Gasteiger partial charge on any atom is 0.0252 e. The van der Waals surface area contributed by atoms with Crippen molar-refractivity contribution in [2.75, 3.05) is 13.1 Å². The van der Waals surface area contributed by atoms with Gasteiger partial charge in [-0.2, -0.15) is 0 Å². The van der Waals surface area contributed by atoms with Crippen molar-refractivity contribution >= 4 is 0 Å². The van der Waals surface area contributed by atoms with Gasteiger partial charge in [0.1, 0.15) is 0 Å². The zero-order chi connectivity index (χ0) is 11.7. The van der Waals surface area contributed by atoms with Crippen LogP contribution in [0.4, 0.5) is 0 Å². The lowest BCUT2D eigenvalue weighted by atomic mass is 10.0. The van der Waals surface area contributed by atoms with Gasteiger partial charge in [-0.1, -0.05) is 13.3 Å². The molecule has 0 bridgehead atoms. The summed E-state index contributed by atoms with van der Waals surface area (Å²) >= 11 is 0. The Labute approximate surface area is 106 Å². The third-order valence-corrected chi connectivity index (χ3v) is 5.46. The minimum Gasteiger partial charge on any atom is -0.312 e. The maximum atomic E-state index is 3.74. The molecule has 1 saturated carbocycles. The third kappa shape index (κ3) is 2.39. The minimum atomic E-state index is 0.818. The molecule has 0 aromatic heterocycles. The van der Waals surface area contributed by atoms with Gasteiger partial charge in [-0.15, -0.1) is 0 Å². The van der Waals surface area contributed by atoms with Crippen LogP contribution < -0.4 is 5.32 Å². The van der Waals surface area contributed by atoms with Crippen molar-refractivity contribution in [3.05, 3.63) is 0 Å². The van der Waals surface area contributed by atoms with E-state index in [9.17, 15) is 0 Å². The van der Waals surface area contributed by atoms with E-state index in [0.717, 1.165) is 24.0 Å². The molecule has 4 atom stereocenters. The minimum absolute atomic E-state index is 0.818. The number of likely N-dealkylation sites (tertiary alicyclic amines) is 1. The van der Waals surface area contributed by atoms with Gasteiger partial charge in [0.05, 0.1) is 0 Å². The molecule has 2 aliphatic heterocycles. The van der Waals surface area contributed by atoms with Gasteiger partial charge in [-0.25, -0.2) is 0 Å². The topological polar surface area (TPSA) is 15.3 Å². The van der Waals surface area contributed by atoms with E-state index in [4.69, 9.17) is 0 Å². The molecule has 2 heteroatoms. The molecule has 3 fully saturated rings. The van der Waals surface area contributed by atoms with Crippen molar-refractivity contribution < 1.29 is 0 Å². The van der Waals surface area contributed by atoms with Crippen LogP contribution in [0.15, 0.2) is 0 Å². The van der Waals surface area contributed by atoms with Crippen LogP contribution in [0.5, 0.6) is 0 Å². The van der Waals surface area contributed by atoms with E-state index in [-0.39, 0.29) is 0 Å². The zero-order valence-corrected chi connectivity index (χ0v) is 11.3. The number of nitrogens with one attached hydrogen (secondary N) is 1. The second-order valence-corrected chi connectivity index (χ2v) is 6.39. The first-order valence-electron chi connectivity index (χ1n) is 7.87. The van der Waals surface area contributed by atoms with Gasteiger partial charge < -0.3 is 5.32 Å². The standard InChI is InChI=1S/C15H28N2/c1-2-12-7-8-13(11-12)17-10-4-6-15(17)14-5-3-9-16-14/h12-16H,2-11H2,1H3. The molecule has 0 amide bonds. The molecule has 4 unspecified atom stereocenters. The highest BCUT2D eigenvalue weighted by atomic mass is 15.2. The molecule has 3 rings (SSSR count). The fourth-order valence-electron chi connectivity index (χ4n) is 4.46. The molecule has 2 heterocycles. The Balaban J connectivity index is 1.61. The summed E-state index contributed by atoms with van der Waals surface area (Å²) in [6, 6.07) is 2.62. The van der Waals surface area contributed by atoms with E-state index in [1.807, 2.05) is 0 Å². The van der Waals surface area contributed by atoms with Crippen molar-refractivity contribution in [1.29, 1.82) is 0 Å². The van der Waals surface area contributed by atoms with Crippen LogP contribution in [0.3, 0.4) is 0 Å². The molecule has 0 aromatic rings. The first kappa shape index (κ1) is 12.0. The van der Waals surface area contributed by atoms with Gasteiger partial charge in [0.2, 0.25) is 0 Å². The molecule has 1 aliphatic carbocycles. The van der Waals surface area contributed by atoms with Crippen LogP contribution in [0.2, 0.25) is 0 Å². The third-order valence-electron chi connectivity index (χ3n) is 5.46. The van der Waals surface area contributed by atoms with Crippen molar-refractivity contribution in [3.8, 4) is 0 Å². The normalized spacial score (nSPS) is 43.6. The first-order chi connectivity index (χ1) is 8.38. The Hall–Kier alpha value is -0.0800. The number of hydrogen-bond donors (Lipinski definition) is 1. The van der Waals surface area contributed by atoms with E-state index < -0.39 is 0 Å². The molecular weight excluding hydrogens is 208 g/mol. The lowest BCUT2D eigenvalue weighted by molar-refractivity contribution is 0.151. The molecule has 98 valence electrons. The molecule has 1 N–H and O–H groups in total. The fraction of sp³-hybridized carbons (Fsp3) is 1.00. The summed E-state index contributed by atoms with van der Waals surface area (Å²) in [7, 11) is 0. The number of rotatable bonds is 3. The summed E-state index contributed by atoms with van der Waals surface area (Å²) in [5.41, 5.74) is 0. The second-order valence-electron chi connectivity index (χ2n) is 6.39. The Morgan fingerprint density at radius 1 is 1.12 bits per heavy atom. The van der Waals surface area contributed by atoms with Crippen molar-refractivity contribution in [2.45, 2.75) is 76.4 Å². The smallest absolute Gasteiger partial charge is 0.0252 e. The van der Waals surface area contributed by atoms with Crippen molar-refractivity contribution in [2.24, 2.45) is 5.92 Å². The highest BCUT2D eigenvalue weighted by molar-refractivity contribution is 4.96. The second kappa shape index (κ2) is 5.27. The fourth-order valence-corrected chi connectivity index (χ4v) is 4.46. The first-order valence-corrected chi connectivity index (χ1v) is 7.87. The van der Waals surface area contributed by atoms with Crippen LogP contribution in [0.25, 0.3) is 0 Å². The van der Waals surface area contributed by atoms with Gasteiger partial charge in [-0.3, -0.25) is 4.90 Å². The lowest BCUT2D eigenvalue weighted by Gasteiger charge is -2.34. The Morgan fingerprint density at radius 3 is 2.76 bits per heavy atom. The van der Waals surface area contributed by atoms with Gasteiger partial charge in [0.15, 0.2) is 0 Å². The molecule has 0 spiro atoms. The molecular formula is C15H28N2. The van der Waals surface area contributed by atoms with Crippen LogP contribution in [0, 0.1) is 5.92 Å². The van der Waals surface area contributed by atoms with Crippen molar-refractivity contribution in [3.63, 3.8) is 0 Å². The van der Waals surface area contributed by atoms with E-state index in [0.29, 0.717) is 0 Å². The molecule has 2 saturated heterocycles. The van der Waals surface area contributed by atoms with Crippen LogP contribution in [-0.2, 0) is 0 Å². The Kier molecular flexibility index (Phi) is 3.72. The molecule has 17 heavy (non-hydrogen) atoms. The van der Waals surface area contributed by atoms with Gasteiger partial charge in [-0.05, 0) is 64.0 Å². The van der Waals surface area contributed by atoms with E-state index >= 15 is 0 Å². The SMILES string of the molecule is CCC1CCC(N2CCCC2C2CCCN2)C1. The largest absolute Gasteiger partial charge is 0.312 e. The van der Waals surface area contributed by atoms with Crippen LogP contribution in [0.1, 0.15) is 58.3 Å². The highest BCUT2D eigenvalue weighted by Crippen LogP contribution is 2.36. The van der Waals surface area contributed by atoms with Gasteiger partial charge in [0, 0.05) is 18.1 Å². The monoisotopic (exact) mass is 236 g/mol. The summed E-state index contributed by atoms with van der Waals surface area (Å²) in [4.78, 5) is 2.89. The summed E-state index contributed by atoms with van der Waals surface area (Å²) in [6.07, 6.45) is 11.6. The number of hydrogen-bond acceptors (Lipinski definition) is 2. The quantitative estimate of drug-likeness (QED) is 0.810. The van der Waals surface area contributed by atoms with Crippen LogP contribution in [-0.4, -0.2) is 36.1 Å². The Morgan fingerprint density at radius 2 is 2.06 bits per heavy atom.